The zero-order valence-corrected chi connectivity index (χ0v) is 23.3. The average molecular weight is 577 g/mol. The van der Waals surface area contributed by atoms with E-state index in [1.54, 1.807) is 62.4 Å². The van der Waals surface area contributed by atoms with Gasteiger partial charge in [-0.2, -0.15) is 5.10 Å². The number of esters is 1. The van der Waals surface area contributed by atoms with Crippen molar-refractivity contribution in [1.82, 2.24) is 16.1 Å². The maximum Gasteiger partial charge on any atom is 0.338 e. The molecule has 0 fully saturated rings. The van der Waals surface area contributed by atoms with Crippen molar-refractivity contribution >= 4 is 35.4 Å². The van der Waals surface area contributed by atoms with E-state index in [-0.39, 0.29) is 25.6 Å². The first-order chi connectivity index (χ1) is 19.9. The summed E-state index contributed by atoms with van der Waals surface area (Å²) in [6.07, 6.45) is 1.46. The second-order valence-electron chi connectivity index (χ2n) is 8.86. The lowest BCUT2D eigenvalue weighted by atomic mass is 9.95. The van der Waals surface area contributed by atoms with E-state index in [1.165, 1.54) is 18.3 Å². The number of hydrogen-bond donors (Lipinski definition) is 3. The Labute approximate surface area is 242 Å². The van der Waals surface area contributed by atoms with Crippen LogP contribution in [0, 0.1) is 5.82 Å². The summed E-state index contributed by atoms with van der Waals surface area (Å²) in [5, 5.41) is 10.4. The van der Waals surface area contributed by atoms with Crippen molar-refractivity contribution in [3.63, 3.8) is 0 Å². The summed E-state index contributed by atoms with van der Waals surface area (Å²) in [4.78, 5) is 25.3. The molecule has 3 aromatic carbocycles. The van der Waals surface area contributed by atoms with Crippen molar-refractivity contribution in [2.24, 2.45) is 5.10 Å². The van der Waals surface area contributed by atoms with Gasteiger partial charge in [0.05, 0.1) is 24.4 Å². The van der Waals surface area contributed by atoms with Crippen LogP contribution < -0.4 is 25.5 Å². The van der Waals surface area contributed by atoms with Crippen molar-refractivity contribution in [2.45, 2.75) is 26.5 Å². The molecule has 0 radical (unpaired) electrons. The molecule has 1 atom stereocenters. The highest BCUT2D eigenvalue weighted by Gasteiger charge is 2.32. The Morgan fingerprint density at radius 2 is 1.73 bits per heavy atom. The van der Waals surface area contributed by atoms with Crippen LogP contribution in [0.4, 0.5) is 4.39 Å². The Morgan fingerprint density at radius 3 is 2.49 bits per heavy atom. The lowest BCUT2D eigenvalue weighted by Gasteiger charge is -2.30. The quantitative estimate of drug-likeness (QED) is 0.134. The minimum atomic E-state index is -0.633. The monoisotopic (exact) mass is 576 g/mol. The van der Waals surface area contributed by atoms with Gasteiger partial charge >= 0.3 is 5.97 Å². The average Bonchev–Trinajstić information content (AvgIpc) is 2.96. The third kappa shape index (κ3) is 7.89. The Hall–Kier alpha value is -4.77. The summed E-state index contributed by atoms with van der Waals surface area (Å²) in [6, 6.07) is 19.6. The standard InChI is InChI=1S/C30H29FN4O5S/c1-3-38-29(37)27-19(2)33-30(41)34-28(27)23-9-5-7-11-25(23)40-18-26(36)35-32-16-21-8-4-6-10-24(21)39-17-20-12-14-22(31)15-13-20/h4-16,28H,3,17-18H2,1-2H3,(H,35,36)(H2,33,34,41)/t28-/m0/s1. The molecule has 0 aromatic heterocycles. The molecule has 1 aliphatic heterocycles. The highest BCUT2D eigenvalue weighted by Crippen LogP contribution is 2.33. The highest BCUT2D eigenvalue weighted by atomic mass is 32.1. The van der Waals surface area contributed by atoms with E-state index in [0.717, 1.165) is 5.56 Å². The number of carbonyl (C=O) groups is 2. The summed E-state index contributed by atoms with van der Waals surface area (Å²) in [5.41, 5.74) is 5.45. The zero-order chi connectivity index (χ0) is 29.2. The summed E-state index contributed by atoms with van der Waals surface area (Å²) >= 11 is 5.30. The topological polar surface area (TPSA) is 110 Å². The fourth-order valence-corrected chi connectivity index (χ4v) is 4.34. The first-order valence-electron chi connectivity index (χ1n) is 12.8. The Morgan fingerprint density at radius 1 is 1.02 bits per heavy atom. The second-order valence-corrected chi connectivity index (χ2v) is 9.27. The van der Waals surface area contributed by atoms with Gasteiger partial charge in [0.2, 0.25) is 0 Å². The molecule has 212 valence electrons. The van der Waals surface area contributed by atoms with Crippen LogP contribution in [-0.4, -0.2) is 36.4 Å². The summed E-state index contributed by atoms with van der Waals surface area (Å²) in [5.74, 6) is -0.353. The van der Waals surface area contributed by atoms with E-state index in [9.17, 15) is 14.0 Å². The van der Waals surface area contributed by atoms with Gasteiger partial charge in [-0.05, 0) is 62.0 Å². The van der Waals surface area contributed by atoms with Crippen LogP contribution in [0.3, 0.4) is 0 Å². The molecule has 41 heavy (non-hydrogen) atoms. The predicted molar refractivity (Wildman–Crippen MR) is 156 cm³/mol. The number of ether oxygens (including phenoxy) is 3. The Kier molecular flexibility index (Phi) is 10.0. The van der Waals surface area contributed by atoms with Crippen LogP contribution in [0.5, 0.6) is 11.5 Å². The fraction of sp³-hybridized carbons (Fsp3) is 0.200. The number of amides is 1. The maximum absolute atomic E-state index is 13.1. The number of halogens is 1. The van der Waals surface area contributed by atoms with Gasteiger partial charge in [-0.3, -0.25) is 4.79 Å². The normalized spacial score (nSPS) is 14.7. The molecule has 3 N–H and O–H groups in total. The molecule has 9 nitrogen and oxygen atoms in total. The molecule has 4 rings (SSSR count). The number of nitrogens with one attached hydrogen (secondary N) is 3. The molecular weight excluding hydrogens is 547 g/mol. The van der Waals surface area contributed by atoms with E-state index in [1.807, 2.05) is 12.1 Å². The summed E-state index contributed by atoms with van der Waals surface area (Å²) in [6.45, 7) is 3.61. The van der Waals surface area contributed by atoms with E-state index in [2.05, 4.69) is 21.2 Å². The number of nitrogens with zero attached hydrogens (tertiary/aromatic N) is 1. The Bertz CT molecular complexity index is 1480. The number of para-hydroxylation sites is 2. The molecule has 0 bridgehead atoms. The van der Waals surface area contributed by atoms with Crippen molar-refractivity contribution in [3.8, 4) is 11.5 Å². The number of hydrazone groups is 1. The van der Waals surface area contributed by atoms with Gasteiger partial charge < -0.3 is 24.8 Å². The van der Waals surface area contributed by atoms with E-state index in [0.29, 0.717) is 39.0 Å². The van der Waals surface area contributed by atoms with Crippen LogP contribution in [0.2, 0.25) is 0 Å². The molecule has 0 saturated carbocycles. The number of hydrogen-bond acceptors (Lipinski definition) is 7. The maximum atomic E-state index is 13.1. The minimum absolute atomic E-state index is 0.219. The lowest BCUT2D eigenvalue weighted by Crippen LogP contribution is -2.45. The molecule has 3 aromatic rings. The SMILES string of the molecule is CCOC(=O)C1=C(C)NC(=S)N[C@H]1c1ccccc1OCC(=O)NN=Cc1ccccc1OCc1ccc(F)cc1. The van der Waals surface area contributed by atoms with E-state index >= 15 is 0 Å². The van der Waals surface area contributed by atoms with Crippen LogP contribution in [0.25, 0.3) is 0 Å². The molecule has 1 aliphatic rings. The van der Waals surface area contributed by atoms with Gasteiger partial charge in [0.15, 0.2) is 11.7 Å². The van der Waals surface area contributed by atoms with Crippen LogP contribution >= 0.6 is 12.2 Å². The number of allylic oxidation sites excluding steroid dienone is 1. The van der Waals surface area contributed by atoms with Gasteiger partial charge in [0.25, 0.3) is 5.91 Å². The molecule has 0 saturated heterocycles. The molecule has 1 heterocycles. The fourth-order valence-electron chi connectivity index (χ4n) is 4.07. The van der Waals surface area contributed by atoms with E-state index in [4.69, 9.17) is 26.4 Å². The van der Waals surface area contributed by atoms with Gasteiger partial charge in [-0.15, -0.1) is 0 Å². The van der Waals surface area contributed by atoms with Crippen LogP contribution in [0.15, 0.2) is 89.2 Å². The third-order valence-corrected chi connectivity index (χ3v) is 6.19. The smallest absolute Gasteiger partial charge is 0.338 e. The lowest BCUT2D eigenvalue weighted by molar-refractivity contribution is -0.139. The summed E-state index contributed by atoms with van der Waals surface area (Å²) < 4.78 is 30.1. The number of carbonyl (C=O) groups excluding carboxylic acids is 2. The molecule has 0 aliphatic carbocycles. The molecule has 1 amide bonds. The van der Waals surface area contributed by atoms with Crippen molar-refractivity contribution in [2.75, 3.05) is 13.2 Å². The molecule has 11 heteroatoms. The van der Waals surface area contributed by atoms with Gasteiger partial charge in [-0.1, -0.05) is 42.5 Å². The third-order valence-electron chi connectivity index (χ3n) is 5.97. The van der Waals surface area contributed by atoms with Gasteiger partial charge in [0, 0.05) is 16.8 Å². The zero-order valence-electron chi connectivity index (χ0n) is 22.5. The molecule has 0 unspecified atom stereocenters. The minimum Gasteiger partial charge on any atom is -0.488 e. The number of thiocarbonyl (C=S) groups is 1. The molecular formula is C30H29FN4O5S. The predicted octanol–water partition coefficient (Wildman–Crippen LogP) is 4.29. The van der Waals surface area contributed by atoms with Crippen molar-refractivity contribution < 1.29 is 28.2 Å². The first-order valence-corrected chi connectivity index (χ1v) is 13.2. The number of benzene rings is 3. The van der Waals surface area contributed by atoms with Crippen LogP contribution in [-0.2, 0) is 20.9 Å². The largest absolute Gasteiger partial charge is 0.488 e. The molecule has 0 spiro atoms. The Balaban J connectivity index is 1.39. The highest BCUT2D eigenvalue weighted by molar-refractivity contribution is 7.80. The van der Waals surface area contributed by atoms with Crippen molar-refractivity contribution in [1.29, 1.82) is 0 Å². The first kappa shape index (κ1) is 29.2. The number of rotatable bonds is 11. The summed E-state index contributed by atoms with van der Waals surface area (Å²) in [7, 11) is 0. The van der Waals surface area contributed by atoms with E-state index < -0.39 is 17.9 Å². The van der Waals surface area contributed by atoms with Crippen LogP contribution in [0.1, 0.15) is 36.6 Å². The van der Waals surface area contributed by atoms with Gasteiger partial charge in [-0.25, -0.2) is 14.6 Å². The second kappa shape index (κ2) is 14.0. The van der Waals surface area contributed by atoms with Crippen molar-refractivity contribution in [3.05, 3.63) is 107 Å². The van der Waals surface area contributed by atoms with Gasteiger partial charge in [0.1, 0.15) is 23.9 Å².